The van der Waals surface area contributed by atoms with Crippen LogP contribution in [0.1, 0.15) is 23.7 Å². The van der Waals surface area contributed by atoms with E-state index >= 15 is 0 Å². The van der Waals surface area contributed by atoms with Crippen LogP contribution in [-0.4, -0.2) is 29.7 Å². The van der Waals surface area contributed by atoms with E-state index < -0.39 is 27.7 Å². The van der Waals surface area contributed by atoms with E-state index in [-0.39, 0.29) is 29.4 Å². The lowest BCUT2D eigenvalue weighted by molar-refractivity contribution is -0.145. The summed E-state index contributed by atoms with van der Waals surface area (Å²) in [6.07, 6.45) is -3.40. The summed E-state index contributed by atoms with van der Waals surface area (Å²) in [6.45, 7) is 0. The molecule has 102 valence electrons. The highest BCUT2D eigenvalue weighted by Crippen LogP contribution is 2.36. The van der Waals surface area contributed by atoms with Crippen molar-refractivity contribution < 1.29 is 21.6 Å². The minimum atomic E-state index is -4.59. The van der Waals surface area contributed by atoms with Crippen LogP contribution in [0.5, 0.6) is 0 Å². The molecule has 18 heavy (non-hydrogen) atoms. The van der Waals surface area contributed by atoms with Gasteiger partial charge in [-0.1, -0.05) is 0 Å². The van der Waals surface area contributed by atoms with Gasteiger partial charge in [0.15, 0.2) is 9.84 Å². The highest BCUT2D eigenvalue weighted by molar-refractivity contribution is 7.91. The third-order valence-electron chi connectivity index (χ3n) is 2.84. The molecule has 1 unspecified atom stereocenters. The lowest BCUT2D eigenvalue weighted by Crippen LogP contribution is -2.21. The molecule has 1 aromatic heterocycles. The minimum absolute atomic E-state index is 0.106. The summed E-state index contributed by atoms with van der Waals surface area (Å²) in [5.74, 6) is -0.723. The second-order valence-electron chi connectivity index (χ2n) is 4.15. The smallest absolute Gasteiger partial charge is 0.256 e. The number of rotatable bonds is 2. The summed E-state index contributed by atoms with van der Waals surface area (Å²) >= 11 is 5.44. The molecule has 2 rings (SSSR count). The molecule has 2 heterocycles. The molecule has 0 amide bonds. The van der Waals surface area contributed by atoms with Crippen molar-refractivity contribution in [2.75, 3.05) is 11.5 Å². The van der Waals surface area contributed by atoms with Gasteiger partial charge < -0.3 is 0 Å². The predicted octanol–water partition coefficient (Wildman–Crippen LogP) is 2.00. The van der Waals surface area contributed by atoms with Crippen LogP contribution < -0.4 is 0 Å². The Bertz CT molecular complexity index is 553. The molecule has 1 aliphatic rings. The van der Waals surface area contributed by atoms with Crippen LogP contribution >= 0.6 is 11.6 Å². The third kappa shape index (κ3) is 2.49. The summed E-state index contributed by atoms with van der Waals surface area (Å²) in [6, 6.07) is -0.761. The molecule has 1 aliphatic heterocycles. The van der Waals surface area contributed by atoms with Gasteiger partial charge in [-0.15, -0.1) is 11.6 Å². The maximum Gasteiger partial charge on any atom is 0.433 e. The summed E-state index contributed by atoms with van der Waals surface area (Å²) in [4.78, 5) is 0. The zero-order chi connectivity index (χ0) is 13.6. The summed E-state index contributed by atoms with van der Waals surface area (Å²) < 4.78 is 62.1. The topological polar surface area (TPSA) is 52.0 Å². The van der Waals surface area contributed by atoms with Crippen LogP contribution in [0.15, 0.2) is 6.20 Å². The Balaban J connectivity index is 2.44. The fourth-order valence-corrected chi connectivity index (χ4v) is 3.94. The lowest BCUT2D eigenvalue weighted by Gasteiger charge is -2.16. The number of sulfone groups is 1. The summed E-state index contributed by atoms with van der Waals surface area (Å²) in [7, 11) is -3.26. The fraction of sp³-hybridized carbons (Fsp3) is 0.667. The molecule has 0 bridgehead atoms. The average molecular weight is 303 g/mol. The van der Waals surface area contributed by atoms with Crippen LogP contribution in [-0.2, 0) is 21.9 Å². The Morgan fingerprint density at radius 2 is 2.17 bits per heavy atom. The van der Waals surface area contributed by atoms with Crippen LogP contribution in [0.4, 0.5) is 13.2 Å². The van der Waals surface area contributed by atoms with E-state index in [1.165, 1.54) is 0 Å². The van der Waals surface area contributed by atoms with E-state index in [0.717, 1.165) is 10.9 Å². The number of nitrogens with zero attached hydrogens (tertiary/aromatic N) is 2. The van der Waals surface area contributed by atoms with Crippen molar-refractivity contribution in [1.82, 2.24) is 9.78 Å². The van der Waals surface area contributed by atoms with Crippen molar-refractivity contribution in [3.05, 3.63) is 17.5 Å². The number of hydrogen-bond acceptors (Lipinski definition) is 3. The van der Waals surface area contributed by atoms with Crippen molar-refractivity contribution in [2.24, 2.45) is 0 Å². The SMILES string of the molecule is O=S1(=O)CCC(n2ncc(CCl)c2C(F)(F)F)C1. The Labute approximate surface area is 107 Å². The van der Waals surface area contributed by atoms with Gasteiger partial charge in [0.25, 0.3) is 0 Å². The Hall–Kier alpha value is -0.760. The maximum absolute atomic E-state index is 12.9. The fourth-order valence-electron chi connectivity index (χ4n) is 2.05. The molecular formula is C9H10ClF3N2O2S. The maximum atomic E-state index is 12.9. The van der Waals surface area contributed by atoms with Crippen LogP contribution in [0.25, 0.3) is 0 Å². The Kier molecular flexibility index (Phi) is 3.35. The Morgan fingerprint density at radius 3 is 2.61 bits per heavy atom. The van der Waals surface area contributed by atoms with Crippen LogP contribution in [0.3, 0.4) is 0 Å². The molecule has 1 saturated heterocycles. The zero-order valence-electron chi connectivity index (χ0n) is 9.11. The molecule has 0 aromatic carbocycles. The second-order valence-corrected chi connectivity index (χ2v) is 6.65. The van der Waals surface area contributed by atoms with Crippen molar-refractivity contribution in [2.45, 2.75) is 24.5 Å². The highest BCUT2D eigenvalue weighted by atomic mass is 35.5. The average Bonchev–Trinajstić information content (AvgIpc) is 2.79. The van der Waals surface area contributed by atoms with E-state index in [2.05, 4.69) is 5.10 Å². The van der Waals surface area contributed by atoms with Crippen LogP contribution in [0, 0.1) is 0 Å². The highest BCUT2D eigenvalue weighted by Gasteiger charge is 2.41. The van der Waals surface area contributed by atoms with Crippen molar-refractivity contribution in [1.29, 1.82) is 0 Å². The number of alkyl halides is 4. The number of aromatic nitrogens is 2. The van der Waals surface area contributed by atoms with E-state index in [9.17, 15) is 21.6 Å². The zero-order valence-corrected chi connectivity index (χ0v) is 10.7. The van der Waals surface area contributed by atoms with Gasteiger partial charge in [-0.25, -0.2) is 8.42 Å². The van der Waals surface area contributed by atoms with Gasteiger partial charge in [0.1, 0.15) is 5.69 Å². The molecule has 1 atom stereocenters. The quantitative estimate of drug-likeness (QED) is 0.785. The molecule has 9 heteroatoms. The van der Waals surface area contributed by atoms with Gasteiger partial charge in [0, 0.05) is 5.56 Å². The van der Waals surface area contributed by atoms with E-state index in [1.807, 2.05) is 0 Å². The lowest BCUT2D eigenvalue weighted by atomic mass is 10.2. The second kappa shape index (κ2) is 4.41. The first-order valence-corrected chi connectivity index (χ1v) is 7.50. The molecular weight excluding hydrogens is 293 g/mol. The minimum Gasteiger partial charge on any atom is -0.256 e. The molecule has 1 fully saturated rings. The third-order valence-corrected chi connectivity index (χ3v) is 4.88. The molecule has 0 spiro atoms. The van der Waals surface area contributed by atoms with E-state index in [1.54, 1.807) is 0 Å². The summed E-state index contributed by atoms with van der Waals surface area (Å²) in [5.41, 5.74) is -1.08. The van der Waals surface area contributed by atoms with Gasteiger partial charge >= 0.3 is 6.18 Å². The van der Waals surface area contributed by atoms with Crippen molar-refractivity contribution in [3.8, 4) is 0 Å². The van der Waals surface area contributed by atoms with E-state index in [0.29, 0.717) is 0 Å². The molecule has 0 saturated carbocycles. The van der Waals surface area contributed by atoms with Gasteiger partial charge in [0.05, 0.1) is 29.6 Å². The van der Waals surface area contributed by atoms with Crippen molar-refractivity contribution >= 4 is 21.4 Å². The van der Waals surface area contributed by atoms with Crippen LogP contribution in [0.2, 0.25) is 0 Å². The molecule has 1 aromatic rings. The first-order valence-electron chi connectivity index (χ1n) is 5.14. The van der Waals surface area contributed by atoms with Gasteiger partial charge in [-0.2, -0.15) is 18.3 Å². The first kappa shape index (κ1) is 13.7. The van der Waals surface area contributed by atoms with Crippen molar-refractivity contribution in [3.63, 3.8) is 0 Å². The van der Waals surface area contributed by atoms with E-state index in [4.69, 9.17) is 11.6 Å². The standard InChI is InChI=1S/C9H10ClF3N2O2S/c10-3-6-4-14-15(8(6)9(11,12)13)7-1-2-18(16,17)5-7/h4,7H,1-3,5H2. The van der Waals surface area contributed by atoms with Gasteiger partial charge in [-0.05, 0) is 6.42 Å². The summed E-state index contributed by atoms with van der Waals surface area (Å²) in [5, 5.41) is 3.65. The first-order chi connectivity index (χ1) is 8.24. The van der Waals surface area contributed by atoms with Gasteiger partial charge in [-0.3, -0.25) is 4.68 Å². The Morgan fingerprint density at radius 1 is 1.50 bits per heavy atom. The van der Waals surface area contributed by atoms with Gasteiger partial charge in [0.2, 0.25) is 0 Å². The largest absolute Gasteiger partial charge is 0.433 e. The number of halogens is 4. The molecule has 4 nitrogen and oxygen atoms in total. The molecule has 0 aliphatic carbocycles. The molecule has 0 radical (unpaired) electrons. The number of hydrogen-bond donors (Lipinski definition) is 0. The monoisotopic (exact) mass is 302 g/mol. The molecule has 0 N–H and O–H groups in total. The normalized spacial score (nSPS) is 23.4. The predicted molar refractivity (Wildman–Crippen MR) is 59.1 cm³/mol.